The second-order valence-corrected chi connectivity index (χ2v) is 6.46. The fourth-order valence-electron chi connectivity index (χ4n) is 3.81. The summed E-state index contributed by atoms with van der Waals surface area (Å²) in [5.41, 5.74) is 4.66. The molecule has 122 valence electrons. The fraction of sp³-hybridized carbons (Fsp3) is 0.136. The van der Waals surface area contributed by atoms with Crippen molar-refractivity contribution in [1.82, 2.24) is 0 Å². The van der Waals surface area contributed by atoms with E-state index in [1.165, 1.54) is 0 Å². The quantitative estimate of drug-likeness (QED) is 0.483. The van der Waals surface area contributed by atoms with Crippen LogP contribution in [0, 0.1) is 0 Å². The number of amides is 1. The van der Waals surface area contributed by atoms with E-state index in [9.17, 15) is 4.79 Å². The SMILES string of the molecule is O=C(c1ccccc1)N1CCCc2c1ccc1c2oc2ccccc21. The van der Waals surface area contributed by atoms with E-state index < -0.39 is 0 Å². The first-order valence-electron chi connectivity index (χ1n) is 8.63. The third-order valence-corrected chi connectivity index (χ3v) is 4.99. The number of hydrogen-bond donors (Lipinski definition) is 0. The first kappa shape index (κ1) is 14.3. The van der Waals surface area contributed by atoms with E-state index in [1.54, 1.807) is 0 Å². The third kappa shape index (κ3) is 2.16. The van der Waals surface area contributed by atoms with Crippen LogP contribution in [0.15, 0.2) is 71.1 Å². The number of aryl methyl sites for hydroxylation is 1. The summed E-state index contributed by atoms with van der Waals surface area (Å²) in [4.78, 5) is 14.9. The zero-order valence-electron chi connectivity index (χ0n) is 13.7. The van der Waals surface area contributed by atoms with Crippen LogP contribution >= 0.6 is 0 Å². The minimum absolute atomic E-state index is 0.0528. The van der Waals surface area contributed by atoms with Crippen LogP contribution in [0.3, 0.4) is 0 Å². The van der Waals surface area contributed by atoms with E-state index in [0.29, 0.717) is 0 Å². The molecular weight excluding hydrogens is 310 g/mol. The van der Waals surface area contributed by atoms with Gasteiger partial charge in [-0.3, -0.25) is 4.79 Å². The number of carbonyl (C=O) groups is 1. The minimum Gasteiger partial charge on any atom is -0.456 e. The van der Waals surface area contributed by atoms with Crippen molar-refractivity contribution >= 4 is 33.5 Å². The second-order valence-electron chi connectivity index (χ2n) is 6.46. The zero-order chi connectivity index (χ0) is 16.8. The number of anilines is 1. The van der Waals surface area contributed by atoms with Crippen molar-refractivity contribution in [3.8, 4) is 0 Å². The summed E-state index contributed by atoms with van der Waals surface area (Å²) in [6.45, 7) is 0.743. The maximum absolute atomic E-state index is 13.0. The Balaban J connectivity index is 1.68. The number of benzene rings is 3. The van der Waals surface area contributed by atoms with Crippen LogP contribution in [0.4, 0.5) is 5.69 Å². The van der Waals surface area contributed by atoms with Gasteiger partial charge in [-0.05, 0) is 43.2 Å². The van der Waals surface area contributed by atoms with Gasteiger partial charge in [0.05, 0.1) is 5.69 Å². The molecule has 0 unspecified atom stereocenters. The lowest BCUT2D eigenvalue weighted by atomic mass is 9.98. The molecule has 0 spiro atoms. The summed E-state index contributed by atoms with van der Waals surface area (Å²) in [6.07, 6.45) is 1.88. The van der Waals surface area contributed by atoms with Crippen molar-refractivity contribution in [2.75, 3.05) is 11.4 Å². The Kier molecular flexibility index (Phi) is 3.14. The van der Waals surface area contributed by atoms with Crippen LogP contribution in [0.1, 0.15) is 22.3 Å². The molecular formula is C22H17NO2. The molecule has 2 heterocycles. The van der Waals surface area contributed by atoms with Gasteiger partial charge < -0.3 is 9.32 Å². The molecule has 0 bridgehead atoms. The summed E-state index contributed by atoms with van der Waals surface area (Å²) in [7, 11) is 0. The lowest BCUT2D eigenvalue weighted by Gasteiger charge is -2.29. The maximum Gasteiger partial charge on any atom is 0.258 e. The first-order chi connectivity index (χ1) is 12.3. The molecule has 1 aliphatic heterocycles. The molecule has 4 aromatic rings. The Morgan fingerprint density at radius 2 is 1.68 bits per heavy atom. The molecule has 0 fully saturated rings. The van der Waals surface area contributed by atoms with Crippen molar-refractivity contribution in [3.05, 3.63) is 77.9 Å². The summed E-state index contributed by atoms with van der Waals surface area (Å²) in [6, 6.07) is 21.7. The predicted octanol–water partition coefficient (Wildman–Crippen LogP) is 5.18. The topological polar surface area (TPSA) is 33.5 Å². The Morgan fingerprint density at radius 3 is 2.56 bits per heavy atom. The van der Waals surface area contributed by atoms with Gasteiger partial charge >= 0.3 is 0 Å². The van der Waals surface area contributed by atoms with Crippen LogP contribution in [0.2, 0.25) is 0 Å². The highest BCUT2D eigenvalue weighted by atomic mass is 16.3. The van der Waals surface area contributed by atoms with Crippen LogP contribution < -0.4 is 4.90 Å². The molecule has 25 heavy (non-hydrogen) atoms. The van der Waals surface area contributed by atoms with E-state index >= 15 is 0 Å². The van der Waals surface area contributed by atoms with Gasteiger partial charge in [-0.25, -0.2) is 0 Å². The van der Waals surface area contributed by atoms with Gasteiger partial charge in [0, 0.05) is 28.4 Å². The Morgan fingerprint density at radius 1 is 0.880 bits per heavy atom. The Labute approximate surface area is 145 Å². The van der Waals surface area contributed by atoms with Gasteiger partial charge in [0.25, 0.3) is 5.91 Å². The number of nitrogens with zero attached hydrogens (tertiary/aromatic N) is 1. The van der Waals surface area contributed by atoms with E-state index in [-0.39, 0.29) is 5.91 Å². The highest BCUT2D eigenvalue weighted by Crippen LogP contribution is 2.38. The first-order valence-corrected chi connectivity index (χ1v) is 8.63. The van der Waals surface area contributed by atoms with Gasteiger partial charge in [0.15, 0.2) is 0 Å². The highest BCUT2D eigenvalue weighted by Gasteiger charge is 2.26. The minimum atomic E-state index is 0.0528. The van der Waals surface area contributed by atoms with Crippen LogP contribution in [0.25, 0.3) is 21.9 Å². The van der Waals surface area contributed by atoms with E-state index in [1.807, 2.05) is 53.4 Å². The molecule has 1 aliphatic rings. The Hall–Kier alpha value is -3.07. The van der Waals surface area contributed by atoms with E-state index in [2.05, 4.69) is 18.2 Å². The average Bonchev–Trinajstić information content (AvgIpc) is 3.07. The molecule has 0 N–H and O–H groups in total. The standard InChI is InChI=1S/C22H17NO2/c24-22(15-7-2-1-3-8-15)23-14-6-10-18-19(23)13-12-17-16-9-4-5-11-20(16)25-21(17)18/h1-5,7-9,11-13H,6,10,14H2. The second kappa shape index (κ2) is 5.49. The fourth-order valence-corrected chi connectivity index (χ4v) is 3.81. The van der Waals surface area contributed by atoms with Crippen molar-refractivity contribution in [2.45, 2.75) is 12.8 Å². The van der Waals surface area contributed by atoms with Crippen molar-refractivity contribution in [2.24, 2.45) is 0 Å². The number of rotatable bonds is 1. The monoisotopic (exact) mass is 327 g/mol. The predicted molar refractivity (Wildman–Crippen MR) is 100 cm³/mol. The summed E-state index contributed by atoms with van der Waals surface area (Å²) in [5.74, 6) is 0.0528. The smallest absolute Gasteiger partial charge is 0.258 e. The zero-order valence-corrected chi connectivity index (χ0v) is 13.7. The Bertz CT molecular complexity index is 1100. The van der Waals surface area contributed by atoms with Gasteiger partial charge in [0.2, 0.25) is 0 Å². The normalized spacial score (nSPS) is 14.0. The van der Waals surface area contributed by atoms with Crippen LogP contribution in [-0.2, 0) is 6.42 Å². The van der Waals surface area contributed by atoms with Gasteiger partial charge in [-0.1, -0.05) is 36.4 Å². The summed E-state index contributed by atoms with van der Waals surface area (Å²) < 4.78 is 6.15. The maximum atomic E-state index is 13.0. The van der Waals surface area contributed by atoms with Crippen molar-refractivity contribution < 1.29 is 9.21 Å². The largest absolute Gasteiger partial charge is 0.456 e. The van der Waals surface area contributed by atoms with Crippen molar-refractivity contribution in [3.63, 3.8) is 0 Å². The molecule has 0 radical (unpaired) electrons. The highest BCUT2D eigenvalue weighted by molar-refractivity contribution is 6.11. The molecule has 0 atom stereocenters. The van der Waals surface area contributed by atoms with Crippen LogP contribution in [-0.4, -0.2) is 12.5 Å². The number of carbonyl (C=O) groups excluding carboxylic acids is 1. The lowest BCUT2D eigenvalue weighted by molar-refractivity contribution is 0.0985. The third-order valence-electron chi connectivity index (χ3n) is 4.99. The molecule has 0 saturated carbocycles. The number of para-hydroxylation sites is 1. The number of hydrogen-bond acceptors (Lipinski definition) is 2. The molecule has 3 heteroatoms. The van der Waals surface area contributed by atoms with E-state index in [4.69, 9.17) is 4.42 Å². The molecule has 1 amide bonds. The van der Waals surface area contributed by atoms with Crippen LogP contribution in [0.5, 0.6) is 0 Å². The summed E-state index contributed by atoms with van der Waals surface area (Å²) >= 11 is 0. The molecule has 0 aliphatic carbocycles. The molecule has 3 aromatic carbocycles. The van der Waals surface area contributed by atoms with Crippen molar-refractivity contribution in [1.29, 1.82) is 0 Å². The van der Waals surface area contributed by atoms with Gasteiger partial charge in [-0.2, -0.15) is 0 Å². The summed E-state index contributed by atoms with van der Waals surface area (Å²) in [5, 5.41) is 2.26. The van der Waals surface area contributed by atoms with Gasteiger partial charge in [-0.15, -0.1) is 0 Å². The van der Waals surface area contributed by atoms with E-state index in [0.717, 1.165) is 58.1 Å². The lowest BCUT2D eigenvalue weighted by Crippen LogP contribution is -2.35. The molecule has 1 aromatic heterocycles. The molecule has 3 nitrogen and oxygen atoms in total. The number of fused-ring (bicyclic) bond motifs is 5. The molecule has 0 saturated heterocycles. The average molecular weight is 327 g/mol. The number of furan rings is 1. The molecule has 5 rings (SSSR count). The van der Waals surface area contributed by atoms with Gasteiger partial charge in [0.1, 0.15) is 11.2 Å².